The van der Waals surface area contributed by atoms with Gasteiger partial charge in [0.15, 0.2) is 6.29 Å². The first kappa shape index (κ1) is 33.9. The van der Waals surface area contributed by atoms with E-state index in [9.17, 15) is 0 Å². The van der Waals surface area contributed by atoms with Crippen molar-refractivity contribution in [2.75, 3.05) is 19.8 Å². The van der Waals surface area contributed by atoms with Gasteiger partial charge in [-0.3, -0.25) is 0 Å². The Labute approximate surface area is 228 Å². The van der Waals surface area contributed by atoms with Crippen LogP contribution in [0.3, 0.4) is 0 Å². The van der Waals surface area contributed by atoms with Crippen molar-refractivity contribution >= 4 is 0 Å². The van der Waals surface area contributed by atoms with Crippen LogP contribution in [0.2, 0.25) is 0 Å². The summed E-state index contributed by atoms with van der Waals surface area (Å²) in [4.78, 5) is 0. The zero-order valence-electron chi connectivity index (χ0n) is 19.4. The van der Waals surface area contributed by atoms with Gasteiger partial charge in [0.2, 0.25) is 0 Å². The monoisotopic (exact) mass is 529 g/mol. The summed E-state index contributed by atoms with van der Waals surface area (Å²) >= 11 is 0. The van der Waals surface area contributed by atoms with Gasteiger partial charge in [-0.15, -0.1) is 0 Å². The maximum absolute atomic E-state index is 5.60. The van der Waals surface area contributed by atoms with Crippen LogP contribution in [0.4, 0.5) is 0 Å². The minimum atomic E-state index is -0.183. The SMILES string of the molecule is CCOC(CNC(C[C]1[CH][CH][CH][CH]1)[C]1[CH][CH][CH][CH]1)OCC.[CH]1[CH][CH][CH][CH]1.[CH]1[CH][CH][CH][CH]1.[Fe].[Fe]. The molecule has 1 N–H and O–H groups in total. The fraction of sp³-hybridized carbons (Fsp3) is 0.286. The van der Waals surface area contributed by atoms with Gasteiger partial charge in [-0.05, 0) is 142 Å². The van der Waals surface area contributed by atoms with Crippen LogP contribution in [-0.4, -0.2) is 32.1 Å². The molecule has 180 valence electrons. The Morgan fingerprint density at radius 3 is 1.39 bits per heavy atom. The standard InChI is InChI=1S/C18H25NO2.2C5H5.2Fe/c1-3-20-18(21-4-2)14-19-17(16-11-7-8-12-16)13-15-9-5-6-10-15;2*1-2-4-5-3-1;;/h5-12,17-19H,3-4,13-14H2,1-2H3;2*1-5H;;. The molecule has 0 aromatic rings. The first-order valence-corrected chi connectivity index (χ1v) is 11.1. The van der Waals surface area contributed by atoms with E-state index < -0.39 is 0 Å². The predicted octanol–water partition coefficient (Wildman–Crippen LogP) is 4.58. The van der Waals surface area contributed by atoms with Crippen molar-refractivity contribution < 1.29 is 43.6 Å². The van der Waals surface area contributed by atoms with Crippen molar-refractivity contribution in [1.29, 1.82) is 0 Å². The molecule has 0 spiro atoms. The third kappa shape index (κ3) is 16.3. The number of hydrogen-bond acceptors (Lipinski definition) is 3. The molecule has 4 rings (SSSR count). The molecule has 0 amide bonds. The molecule has 3 nitrogen and oxygen atoms in total. The Kier molecular flexibility index (Phi) is 24.0. The van der Waals surface area contributed by atoms with Gasteiger partial charge in [0, 0.05) is 65.9 Å². The molecule has 4 fully saturated rings. The summed E-state index contributed by atoms with van der Waals surface area (Å²) in [6.07, 6.45) is 37.8. The Balaban J connectivity index is 0.000000701. The molecule has 0 bridgehead atoms. The molecule has 4 saturated carbocycles. The zero-order valence-corrected chi connectivity index (χ0v) is 21.6. The molecule has 4 aliphatic rings. The van der Waals surface area contributed by atoms with Crippen LogP contribution < -0.4 is 5.32 Å². The van der Waals surface area contributed by atoms with Gasteiger partial charge in [0.05, 0.1) is 0 Å². The van der Waals surface area contributed by atoms with E-state index >= 15 is 0 Å². The van der Waals surface area contributed by atoms with E-state index in [-0.39, 0.29) is 46.5 Å². The fourth-order valence-electron chi connectivity index (χ4n) is 3.13. The fourth-order valence-corrected chi connectivity index (χ4v) is 3.13. The molecular weight excluding hydrogens is 494 g/mol. The summed E-state index contributed by atoms with van der Waals surface area (Å²) in [6, 6.07) is 0.283. The summed E-state index contributed by atoms with van der Waals surface area (Å²) in [5, 5.41) is 3.58. The van der Waals surface area contributed by atoms with E-state index in [4.69, 9.17) is 9.47 Å². The van der Waals surface area contributed by atoms with Crippen LogP contribution in [0, 0.1) is 127 Å². The Morgan fingerprint density at radius 1 is 0.606 bits per heavy atom. The molecular formula is C28H35Fe2NO2. The van der Waals surface area contributed by atoms with Gasteiger partial charge in [-0.2, -0.15) is 0 Å². The molecule has 5 heteroatoms. The minimum Gasteiger partial charge on any atom is -0.352 e. The number of rotatable bonds is 10. The third-order valence-electron chi connectivity index (χ3n) is 4.61. The van der Waals surface area contributed by atoms with Gasteiger partial charge >= 0.3 is 0 Å². The maximum atomic E-state index is 5.60. The van der Waals surface area contributed by atoms with E-state index in [0.29, 0.717) is 19.8 Å². The molecule has 4 aliphatic carbocycles. The van der Waals surface area contributed by atoms with Gasteiger partial charge in [-0.1, -0.05) is 0 Å². The molecule has 0 aliphatic heterocycles. The predicted molar refractivity (Wildman–Crippen MR) is 127 cm³/mol. The van der Waals surface area contributed by atoms with E-state index in [2.05, 4.69) is 56.7 Å². The maximum Gasteiger partial charge on any atom is 0.169 e. The zero-order chi connectivity index (χ0) is 22.0. The first-order chi connectivity index (χ1) is 15.3. The first-order valence-electron chi connectivity index (χ1n) is 11.1. The van der Waals surface area contributed by atoms with Gasteiger partial charge < -0.3 is 14.8 Å². The van der Waals surface area contributed by atoms with E-state index in [0.717, 1.165) is 6.42 Å². The number of hydrogen-bond donors (Lipinski definition) is 1. The largest absolute Gasteiger partial charge is 0.352 e. The number of nitrogens with one attached hydrogen (secondary N) is 1. The summed E-state index contributed by atoms with van der Waals surface area (Å²) in [5.41, 5.74) is 0. The van der Waals surface area contributed by atoms with Crippen molar-refractivity contribution in [3.8, 4) is 0 Å². The van der Waals surface area contributed by atoms with Crippen molar-refractivity contribution in [2.24, 2.45) is 0 Å². The van der Waals surface area contributed by atoms with Gasteiger partial charge in [-0.25, -0.2) is 0 Å². The Bertz CT molecular complexity index is 362. The van der Waals surface area contributed by atoms with E-state index in [1.54, 1.807) is 0 Å². The van der Waals surface area contributed by atoms with Gasteiger partial charge in [0.25, 0.3) is 0 Å². The third-order valence-corrected chi connectivity index (χ3v) is 4.61. The van der Waals surface area contributed by atoms with Crippen LogP contribution >= 0.6 is 0 Å². The van der Waals surface area contributed by atoms with Crippen LogP contribution in [0.1, 0.15) is 20.3 Å². The second kappa shape index (κ2) is 23.3. The van der Waals surface area contributed by atoms with Crippen molar-refractivity contribution in [3.05, 3.63) is 127 Å². The van der Waals surface area contributed by atoms with Crippen LogP contribution in [0.5, 0.6) is 0 Å². The topological polar surface area (TPSA) is 30.5 Å². The second-order valence-electron chi connectivity index (χ2n) is 6.94. The van der Waals surface area contributed by atoms with Crippen LogP contribution in [0.25, 0.3) is 0 Å². The minimum absolute atomic E-state index is 0. The van der Waals surface area contributed by atoms with Crippen molar-refractivity contribution in [1.82, 2.24) is 5.32 Å². The molecule has 0 aromatic heterocycles. The van der Waals surface area contributed by atoms with Crippen molar-refractivity contribution in [2.45, 2.75) is 32.6 Å². The van der Waals surface area contributed by atoms with E-state index in [1.807, 2.05) is 78.1 Å². The average molecular weight is 529 g/mol. The summed E-state index contributed by atoms with van der Waals surface area (Å²) in [7, 11) is 0. The molecule has 20 radical (unpaired) electrons. The molecule has 33 heavy (non-hydrogen) atoms. The van der Waals surface area contributed by atoms with Gasteiger partial charge in [0.1, 0.15) is 0 Å². The van der Waals surface area contributed by atoms with E-state index in [1.165, 1.54) is 11.8 Å². The Morgan fingerprint density at radius 2 is 1.00 bits per heavy atom. The average Bonchev–Trinajstić information content (AvgIpc) is 3.62. The summed E-state index contributed by atoms with van der Waals surface area (Å²) in [6.45, 7) is 6.00. The quantitative estimate of drug-likeness (QED) is 0.332. The normalized spacial score (nSPS) is 21.5. The summed E-state index contributed by atoms with van der Waals surface area (Å²) in [5.74, 6) is 2.65. The number of ether oxygens (including phenoxy) is 2. The molecule has 1 atom stereocenters. The second-order valence-corrected chi connectivity index (χ2v) is 6.94. The molecule has 0 saturated heterocycles. The Hall–Kier alpha value is 0.919. The summed E-state index contributed by atoms with van der Waals surface area (Å²) < 4.78 is 11.2. The van der Waals surface area contributed by atoms with Crippen molar-refractivity contribution in [3.63, 3.8) is 0 Å². The smallest absolute Gasteiger partial charge is 0.169 e. The van der Waals surface area contributed by atoms with Crippen LogP contribution in [0.15, 0.2) is 0 Å². The molecule has 1 unspecified atom stereocenters. The molecule has 0 heterocycles. The van der Waals surface area contributed by atoms with Crippen LogP contribution in [-0.2, 0) is 43.6 Å². The molecule has 0 aromatic carbocycles.